The fourth-order valence-corrected chi connectivity index (χ4v) is 4.01. The second-order valence-electron chi connectivity index (χ2n) is 5.64. The predicted octanol–water partition coefficient (Wildman–Crippen LogP) is 2.61. The van der Waals surface area contributed by atoms with E-state index in [1.807, 2.05) is 17.4 Å². The minimum absolute atomic E-state index is 0.0507. The summed E-state index contributed by atoms with van der Waals surface area (Å²) < 4.78 is 1.28. The van der Waals surface area contributed by atoms with Gasteiger partial charge in [-0.1, -0.05) is 12.1 Å². The van der Waals surface area contributed by atoms with Crippen molar-refractivity contribution in [1.29, 1.82) is 0 Å². The Balaban J connectivity index is 1.63. The summed E-state index contributed by atoms with van der Waals surface area (Å²) in [5.74, 6) is 0.586. The molecule has 1 saturated heterocycles. The number of thiazole rings is 1. The first-order chi connectivity index (χ1) is 10.2. The number of hydrogen-bond donors (Lipinski definition) is 1. The molecule has 1 aromatic heterocycles. The molecule has 1 atom stereocenters. The molecule has 0 spiro atoms. The number of hydrogen-bond acceptors (Lipinski definition) is 4. The van der Waals surface area contributed by atoms with E-state index in [0.717, 1.165) is 31.7 Å². The maximum Gasteiger partial charge on any atom is 0.216 e. The van der Waals surface area contributed by atoms with Crippen molar-refractivity contribution in [3.63, 3.8) is 0 Å². The molecule has 21 heavy (non-hydrogen) atoms. The molecule has 0 aliphatic carbocycles. The largest absolute Gasteiger partial charge is 0.355 e. The third kappa shape index (κ3) is 3.60. The normalized spacial score (nSPS) is 19.8. The van der Waals surface area contributed by atoms with Crippen molar-refractivity contribution in [2.45, 2.75) is 25.7 Å². The molecule has 5 heteroatoms. The number of para-hydroxylation sites is 1. The van der Waals surface area contributed by atoms with Crippen LogP contribution in [0.25, 0.3) is 10.2 Å². The van der Waals surface area contributed by atoms with E-state index in [2.05, 4.69) is 28.4 Å². The van der Waals surface area contributed by atoms with E-state index in [0.29, 0.717) is 5.92 Å². The zero-order valence-corrected chi connectivity index (χ0v) is 13.2. The van der Waals surface area contributed by atoms with Crippen LogP contribution in [0.5, 0.6) is 0 Å². The molecule has 1 aliphatic heterocycles. The van der Waals surface area contributed by atoms with Crippen molar-refractivity contribution in [1.82, 2.24) is 15.2 Å². The number of carbonyl (C=O) groups is 1. The smallest absolute Gasteiger partial charge is 0.216 e. The summed E-state index contributed by atoms with van der Waals surface area (Å²) in [5.41, 5.74) is 1.12. The van der Waals surface area contributed by atoms with Crippen LogP contribution < -0.4 is 5.32 Å². The molecule has 1 aliphatic rings. The highest BCUT2D eigenvalue weighted by Gasteiger charge is 2.23. The lowest BCUT2D eigenvalue weighted by atomic mass is 9.99. The minimum atomic E-state index is 0.0507. The fourth-order valence-electron chi connectivity index (χ4n) is 2.91. The van der Waals surface area contributed by atoms with Gasteiger partial charge in [0.2, 0.25) is 5.91 Å². The molecule has 0 unspecified atom stereocenters. The van der Waals surface area contributed by atoms with Gasteiger partial charge < -0.3 is 10.2 Å². The second kappa shape index (κ2) is 6.54. The molecule has 2 heterocycles. The summed E-state index contributed by atoms with van der Waals surface area (Å²) in [4.78, 5) is 18.2. The molecule has 0 saturated carbocycles. The van der Waals surface area contributed by atoms with Gasteiger partial charge in [0.15, 0.2) is 0 Å². The summed E-state index contributed by atoms with van der Waals surface area (Å²) in [6.45, 7) is 5.42. The Kier molecular flexibility index (Phi) is 4.51. The van der Waals surface area contributed by atoms with Gasteiger partial charge in [-0.15, -0.1) is 11.3 Å². The summed E-state index contributed by atoms with van der Waals surface area (Å²) >= 11 is 1.83. The molecule has 2 aromatic rings. The monoisotopic (exact) mass is 303 g/mol. The highest BCUT2D eigenvalue weighted by Crippen LogP contribution is 2.32. The number of piperidine rings is 1. The van der Waals surface area contributed by atoms with Crippen LogP contribution in [0, 0.1) is 0 Å². The molecule has 1 N–H and O–H groups in total. The van der Waals surface area contributed by atoms with Gasteiger partial charge in [0, 0.05) is 32.5 Å². The maximum absolute atomic E-state index is 10.9. The van der Waals surface area contributed by atoms with Crippen LogP contribution in [0.2, 0.25) is 0 Å². The summed E-state index contributed by atoms with van der Waals surface area (Å²) in [6.07, 6.45) is 2.43. The Bertz CT molecular complexity index is 592. The van der Waals surface area contributed by atoms with Gasteiger partial charge in [-0.3, -0.25) is 4.79 Å². The number of nitrogens with zero attached hydrogens (tertiary/aromatic N) is 2. The number of aromatic nitrogens is 1. The maximum atomic E-state index is 10.9. The lowest BCUT2D eigenvalue weighted by molar-refractivity contribution is -0.119. The Labute approximate surface area is 129 Å². The van der Waals surface area contributed by atoms with Gasteiger partial charge in [0.25, 0.3) is 0 Å². The Morgan fingerprint density at radius 3 is 3.14 bits per heavy atom. The first-order valence-corrected chi connectivity index (χ1v) is 8.36. The van der Waals surface area contributed by atoms with E-state index in [1.54, 1.807) is 6.92 Å². The Morgan fingerprint density at radius 1 is 1.48 bits per heavy atom. The molecule has 0 radical (unpaired) electrons. The number of fused-ring (bicyclic) bond motifs is 1. The van der Waals surface area contributed by atoms with Gasteiger partial charge in [0.05, 0.1) is 15.2 Å². The van der Waals surface area contributed by atoms with Crippen LogP contribution in [-0.2, 0) is 4.79 Å². The highest BCUT2D eigenvalue weighted by atomic mass is 32.1. The molecule has 0 bridgehead atoms. The van der Waals surface area contributed by atoms with Crippen molar-refractivity contribution in [2.24, 2.45) is 0 Å². The molecule has 1 fully saturated rings. The third-order valence-corrected chi connectivity index (χ3v) is 5.17. The van der Waals surface area contributed by atoms with Gasteiger partial charge in [-0.25, -0.2) is 4.98 Å². The number of nitrogens with one attached hydrogen (secondary N) is 1. The number of rotatable bonds is 4. The predicted molar refractivity (Wildman–Crippen MR) is 86.7 cm³/mol. The van der Waals surface area contributed by atoms with E-state index in [4.69, 9.17) is 4.98 Å². The molecule has 4 nitrogen and oxygen atoms in total. The van der Waals surface area contributed by atoms with Crippen molar-refractivity contribution in [3.8, 4) is 0 Å². The van der Waals surface area contributed by atoms with Gasteiger partial charge >= 0.3 is 0 Å². The minimum Gasteiger partial charge on any atom is -0.355 e. The third-order valence-electron chi connectivity index (χ3n) is 3.97. The van der Waals surface area contributed by atoms with Gasteiger partial charge in [-0.2, -0.15) is 0 Å². The number of amides is 1. The first kappa shape index (κ1) is 14.5. The van der Waals surface area contributed by atoms with E-state index < -0.39 is 0 Å². The quantitative estimate of drug-likeness (QED) is 0.944. The fraction of sp³-hybridized carbons (Fsp3) is 0.500. The molecular weight excluding hydrogens is 282 g/mol. The zero-order chi connectivity index (χ0) is 14.7. The lowest BCUT2D eigenvalue weighted by Gasteiger charge is -2.31. The van der Waals surface area contributed by atoms with Gasteiger partial charge in [-0.05, 0) is 31.5 Å². The second-order valence-corrected chi connectivity index (χ2v) is 6.70. The van der Waals surface area contributed by atoms with Crippen molar-refractivity contribution < 1.29 is 4.79 Å². The molecule has 1 aromatic carbocycles. The number of likely N-dealkylation sites (tertiary alicyclic amines) is 1. The van der Waals surface area contributed by atoms with Crippen LogP contribution in [-0.4, -0.2) is 42.0 Å². The highest BCUT2D eigenvalue weighted by molar-refractivity contribution is 7.18. The van der Waals surface area contributed by atoms with Crippen molar-refractivity contribution >= 4 is 27.5 Å². The molecular formula is C16H21N3OS. The molecule has 3 rings (SSSR count). The zero-order valence-electron chi connectivity index (χ0n) is 12.3. The van der Waals surface area contributed by atoms with Crippen molar-refractivity contribution in [3.05, 3.63) is 29.3 Å². The average Bonchev–Trinajstić information content (AvgIpc) is 2.91. The molecule has 112 valence electrons. The number of carbonyl (C=O) groups excluding carboxylic acids is 1. The van der Waals surface area contributed by atoms with Gasteiger partial charge in [0.1, 0.15) is 0 Å². The Morgan fingerprint density at radius 2 is 2.33 bits per heavy atom. The summed E-state index contributed by atoms with van der Waals surface area (Å²) in [5, 5.41) is 4.14. The van der Waals surface area contributed by atoms with E-state index in [-0.39, 0.29) is 5.91 Å². The summed E-state index contributed by atoms with van der Waals surface area (Å²) in [6, 6.07) is 8.36. The standard InChI is InChI=1S/C16H21N3OS/c1-12(20)17-8-10-19-9-4-5-13(11-19)16-18-14-6-2-3-7-15(14)21-16/h2-3,6-7,13H,4-5,8-11H2,1H3,(H,17,20)/t13-/m1/s1. The van der Waals surface area contributed by atoms with Crippen LogP contribution in [0.4, 0.5) is 0 Å². The first-order valence-electron chi connectivity index (χ1n) is 7.54. The topological polar surface area (TPSA) is 45.2 Å². The summed E-state index contributed by atoms with van der Waals surface area (Å²) in [7, 11) is 0. The lowest BCUT2D eigenvalue weighted by Crippen LogP contribution is -2.39. The van der Waals surface area contributed by atoms with Crippen LogP contribution >= 0.6 is 11.3 Å². The van der Waals surface area contributed by atoms with Crippen LogP contribution in [0.1, 0.15) is 30.7 Å². The van der Waals surface area contributed by atoms with E-state index in [9.17, 15) is 4.79 Å². The van der Waals surface area contributed by atoms with Crippen LogP contribution in [0.3, 0.4) is 0 Å². The molecule has 1 amide bonds. The van der Waals surface area contributed by atoms with E-state index >= 15 is 0 Å². The number of benzene rings is 1. The Hall–Kier alpha value is -1.46. The van der Waals surface area contributed by atoms with Crippen LogP contribution in [0.15, 0.2) is 24.3 Å². The SMILES string of the molecule is CC(=O)NCCN1CCC[C@@H](c2nc3ccccc3s2)C1. The van der Waals surface area contributed by atoms with E-state index in [1.165, 1.54) is 22.5 Å². The average molecular weight is 303 g/mol. The van der Waals surface area contributed by atoms with Crippen molar-refractivity contribution in [2.75, 3.05) is 26.2 Å².